The number of pyridine rings is 1. The summed E-state index contributed by atoms with van der Waals surface area (Å²) >= 11 is 3.24. The Morgan fingerprint density at radius 3 is 2.89 bits per heavy atom. The molecule has 7 nitrogen and oxygen atoms in total. The first kappa shape index (κ1) is 12.5. The van der Waals surface area contributed by atoms with Crippen molar-refractivity contribution in [3.63, 3.8) is 0 Å². The molecule has 0 bridgehead atoms. The molecule has 94 valence electrons. The molecule has 0 atom stereocenters. The van der Waals surface area contributed by atoms with Gasteiger partial charge in [0.25, 0.3) is 0 Å². The number of aromatic amines is 1. The molecule has 0 spiro atoms. The van der Waals surface area contributed by atoms with Gasteiger partial charge in [-0.25, -0.2) is 4.98 Å². The number of nitrogens with one attached hydrogen (secondary N) is 2. The molecule has 0 aliphatic carbocycles. The molecule has 2 rings (SSSR count). The average molecular weight is 312 g/mol. The third-order valence-electron chi connectivity index (χ3n) is 2.33. The first-order valence-electron chi connectivity index (χ1n) is 5.17. The highest BCUT2D eigenvalue weighted by Crippen LogP contribution is 2.30. The van der Waals surface area contributed by atoms with Crippen LogP contribution in [-0.4, -0.2) is 26.4 Å². The lowest BCUT2D eigenvalue weighted by molar-refractivity contribution is -0.384. The van der Waals surface area contributed by atoms with E-state index in [-0.39, 0.29) is 5.69 Å². The molecule has 0 aliphatic rings. The molecule has 2 heterocycles. The number of rotatable bonds is 5. The van der Waals surface area contributed by atoms with Gasteiger partial charge in [-0.1, -0.05) is 0 Å². The highest BCUT2D eigenvalue weighted by atomic mass is 79.9. The van der Waals surface area contributed by atoms with Gasteiger partial charge in [-0.2, -0.15) is 0 Å². The van der Waals surface area contributed by atoms with Gasteiger partial charge in [-0.15, -0.1) is 0 Å². The second kappa shape index (κ2) is 5.58. The molecule has 2 aromatic rings. The number of nitrogens with zero attached hydrogens (tertiary/aromatic N) is 3. The first-order chi connectivity index (χ1) is 8.68. The third kappa shape index (κ3) is 2.83. The van der Waals surface area contributed by atoms with E-state index in [9.17, 15) is 10.1 Å². The number of halogens is 1. The van der Waals surface area contributed by atoms with Crippen LogP contribution in [0.3, 0.4) is 0 Å². The molecule has 0 amide bonds. The number of anilines is 1. The molecule has 0 saturated heterocycles. The van der Waals surface area contributed by atoms with Crippen molar-refractivity contribution >= 4 is 27.3 Å². The first-order valence-corrected chi connectivity index (χ1v) is 5.97. The molecule has 0 aliphatic heterocycles. The van der Waals surface area contributed by atoms with E-state index in [2.05, 4.69) is 36.2 Å². The van der Waals surface area contributed by atoms with Gasteiger partial charge in [0.05, 0.1) is 15.7 Å². The smallest absolute Gasteiger partial charge is 0.311 e. The normalized spacial score (nSPS) is 10.3. The predicted octanol–water partition coefficient (Wildman–Crippen LogP) is 2.13. The van der Waals surface area contributed by atoms with Gasteiger partial charge in [0, 0.05) is 31.1 Å². The summed E-state index contributed by atoms with van der Waals surface area (Å²) < 4.78 is 0.571. The number of aromatic nitrogens is 3. The molecular formula is C10H10BrN5O2. The zero-order chi connectivity index (χ0) is 13.0. The van der Waals surface area contributed by atoms with Crippen molar-refractivity contribution in [3.05, 3.63) is 45.2 Å². The molecule has 8 heteroatoms. The highest BCUT2D eigenvalue weighted by molar-refractivity contribution is 9.10. The van der Waals surface area contributed by atoms with E-state index < -0.39 is 4.92 Å². The standard InChI is InChI=1S/C10H10BrN5O2/c11-8-4-12-5-9(16(17)18)10(8)14-2-1-7-3-13-6-15-7/h3-6H,1-2H2,(H,12,14)(H,13,15). The Kier molecular flexibility index (Phi) is 3.88. The Bertz CT molecular complexity index is 543. The van der Waals surface area contributed by atoms with Crippen LogP contribution in [0.4, 0.5) is 11.4 Å². The molecule has 2 aromatic heterocycles. The van der Waals surface area contributed by atoms with Gasteiger partial charge in [0.1, 0.15) is 11.9 Å². The summed E-state index contributed by atoms with van der Waals surface area (Å²) in [5.41, 5.74) is 1.36. The van der Waals surface area contributed by atoms with E-state index >= 15 is 0 Å². The Morgan fingerprint density at radius 2 is 2.22 bits per heavy atom. The SMILES string of the molecule is O=[N+]([O-])c1cncc(Br)c1NCCc1cnc[nH]1. The Morgan fingerprint density at radius 1 is 1.39 bits per heavy atom. The Labute approximate surface area is 111 Å². The lowest BCUT2D eigenvalue weighted by Crippen LogP contribution is -2.08. The van der Waals surface area contributed by atoms with Gasteiger partial charge >= 0.3 is 5.69 Å². The molecule has 0 saturated carbocycles. The summed E-state index contributed by atoms with van der Waals surface area (Å²) in [6.45, 7) is 0.561. The van der Waals surface area contributed by atoms with E-state index in [1.807, 2.05) is 0 Å². The summed E-state index contributed by atoms with van der Waals surface area (Å²) in [5.74, 6) is 0. The zero-order valence-corrected chi connectivity index (χ0v) is 10.8. The van der Waals surface area contributed by atoms with Gasteiger partial charge < -0.3 is 10.3 Å². The van der Waals surface area contributed by atoms with Crippen LogP contribution in [0.5, 0.6) is 0 Å². The monoisotopic (exact) mass is 311 g/mol. The van der Waals surface area contributed by atoms with Crippen LogP contribution in [-0.2, 0) is 6.42 Å². The second-order valence-electron chi connectivity index (χ2n) is 3.53. The number of H-pyrrole nitrogens is 1. The predicted molar refractivity (Wildman–Crippen MR) is 69.4 cm³/mol. The highest BCUT2D eigenvalue weighted by Gasteiger charge is 2.16. The molecule has 0 radical (unpaired) electrons. The molecule has 18 heavy (non-hydrogen) atoms. The minimum absolute atomic E-state index is 0.0472. The van der Waals surface area contributed by atoms with Crippen LogP contribution >= 0.6 is 15.9 Å². The number of nitro groups is 1. The number of hydrogen-bond donors (Lipinski definition) is 2. The summed E-state index contributed by atoms with van der Waals surface area (Å²) in [7, 11) is 0. The summed E-state index contributed by atoms with van der Waals surface area (Å²) in [6.07, 6.45) is 6.76. The lowest BCUT2D eigenvalue weighted by atomic mass is 10.3. The second-order valence-corrected chi connectivity index (χ2v) is 4.38. The van der Waals surface area contributed by atoms with Crippen molar-refractivity contribution in [2.45, 2.75) is 6.42 Å². The quantitative estimate of drug-likeness (QED) is 0.651. The van der Waals surface area contributed by atoms with E-state index in [0.717, 1.165) is 5.69 Å². The van der Waals surface area contributed by atoms with Crippen molar-refractivity contribution in [2.75, 3.05) is 11.9 Å². The van der Waals surface area contributed by atoms with Gasteiger partial charge in [-0.05, 0) is 15.9 Å². The van der Waals surface area contributed by atoms with Crippen molar-refractivity contribution in [1.29, 1.82) is 0 Å². The molecule has 0 aromatic carbocycles. The summed E-state index contributed by atoms with van der Waals surface area (Å²) in [5, 5.41) is 13.9. The largest absolute Gasteiger partial charge is 0.378 e. The van der Waals surface area contributed by atoms with E-state index in [0.29, 0.717) is 23.1 Å². The maximum absolute atomic E-state index is 10.9. The van der Waals surface area contributed by atoms with Crippen LogP contribution < -0.4 is 5.32 Å². The third-order valence-corrected chi connectivity index (χ3v) is 2.93. The van der Waals surface area contributed by atoms with Crippen LogP contribution in [0.1, 0.15) is 5.69 Å². The molecule has 0 unspecified atom stereocenters. The maximum Gasteiger partial charge on any atom is 0.311 e. The maximum atomic E-state index is 10.9. The van der Waals surface area contributed by atoms with Crippen LogP contribution in [0.15, 0.2) is 29.4 Å². The number of imidazole rings is 1. The minimum atomic E-state index is -0.462. The zero-order valence-electron chi connectivity index (χ0n) is 9.26. The molecule has 2 N–H and O–H groups in total. The van der Waals surface area contributed by atoms with Crippen LogP contribution in [0.25, 0.3) is 0 Å². The van der Waals surface area contributed by atoms with Gasteiger partial charge in [-0.3, -0.25) is 15.1 Å². The Balaban J connectivity index is 2.06. The lowest BCUT2D eigenvalue weighted by Gasteiger charge is -2.07. The van der Waals surface area contributed by atoms with Crippen molar-refractivity contribution in [2.24, 2.45) is 0 Å². The van der Waals surface area contributed by atoms with Gasteiger partial charge in [0.15, 0.2) is 0 Å². The van der Waals surface area contributed by atoms with Crippen molar-refractivity contribution in [1.82, 2.24) is 15.0 Å². The van der Waals surface area contributed by atoms with E-state index in [1.165, 1.54) is 12.4 Å². The van der Waals surface area contributed by atoms with Crippen LogP contribution in [0, 0.1) is 10.1 Å². The summed E-state index contributed by atoms with van der Waals surface area (Å²) in [6, 6.07) is 0. The van der Waals surface area contributed by atoms with E-state index in [4.69, 9.17) is 0 Å². The fourth-order valence-electron chi connectivity index (χ4n) is 1.48. The van der Waals surface area contributed by atoms with E-state index in [1.54, 1.807) is 12.5 Å². The average Bonchev–Trinajstić information content (AvgIpc) is 2.84. The van der Waals surface area contributed by atoms with Gasteiger partial charge in [0.2, 0.25) is 0 Å². The van der Waals surface area contributed by atoms with Crippen LogP contribution in [0.2, 0.25) is 0 Å². The van der Waals surface area contributed by atoms with Crippen molar-refractivity contribution < 1.29 is 4.92 Å². The van der Waals surface area contributed by atoms with Crippen molar-refractivity contribution in [3.8, 4) is 0 Å². The fourth-order valence-corrected chi connectivity index (χ4v) is 1.94. The Hall–Kier alpha value is -1.96. The topological polar surface area (TPSA) is 96.7 Å². The minimum Gasteiger partial charge on any atom is -0.378 e. The molecular weight excluding hydrogens is 302 g/mol. The fraction of sp³-hybridized carbons (Fsp3) is 0.200. The number of hydrogen-bond acceptors (Lipinski definition) is 5. The summed E-state index contributed by atoms with van der Waals surface area (Å²) in [4.78, 5) is 21.0. The molecule has 0 fully saturated rings.